The first-order valence-electron chi connectivity index (χ1n) is 9.63. The second kappa shape index (κ2) is 7.29. The number of amides is 2. The zero-order chi connectivity index (χ0) is 18.9. The maximum atomic E-state index is 13.1. The molecule has 2 saturated heterocycles. The highest BCUT2D eigenvalue weighted by Gasteiger charge is 2.44. The number of nitrogens with zero attached hydrogens (tertiary/aromatic N) is 4. The van der Waals surface area contributed by atoms with Crippen LogP contribution >= 0.6 is 0 Å². The van der Waals surface area contributed by atoms with E-state index in [0.717, 1.165) is 25.0 Å². The summed E-state index contributed by atoms with van der Waals surface area (Å²) in [6.07, 6.45) is 2.95. The number of rotatable bonds is 4. The molecule has 2 fully saturated rings. The Hall–Kier alpha value is -2.05. The molecular weight excluding hydrogens is 332 g/mol. The first-order chi connectivity index (χ1) is 12.3. The van der Waals surface area contributed by atoms with Crippen LogP contribution in [-0.4, -0.2) is 63.9 Å². The molecule has 0 radical (unpaired) electrons. The first-order valence-corrected chi connectivity index (χ1v) is 9.63. The van der Waals surface area contributed by atoms with Crippen LogP contribution in [0.5, 0.6) is 0 Å². The lowest BCUT2D eigenvalue weighted by molar-refractivity contribution is 0.0437. The van der Waals surface area contributed by atoms with E-state index in [1.54, 1.807) is 11.9 Å². The van der Waals surface area contributed by atoms with Gasteiger partial charge in [-0.3, -0.25) is 9.48 Å². The highest BCUT2D eigenvalue weighted by Crippen LogP contribution is 2.33. The summed E-state index contributed by atoms with van der Waals surface area (Å²) in [5.74, 6) is 0.536. The lowest BCUT2D eigenvalue weighted by Crippen LogP contribution is -2.37. The van der Waals surface area contributed by atoms with E-state index < -0.39 is 5.60 Å². The minimum absolute atomic E-state index is 0.0316. The van der Waals surface area contributed by atoms with Gasteiger partial charge in [-0.2, -0.15) is 5.10 Å². The molecule has 0 saturated carbocycles. The molecule has 0 aliphatic carbocycles. The lowest BCUT2D eigenvalue weighted by atomic mass is 9.95. The molecule has 7 heteroatoms. The molecule has 1 atom stereocenters. The van der Waals surface area contributed by atoms with Crippen molar-refractivity contribution in [1.29, 1.82) is 0 Å². The van der Waals surface area contributed by atoms with Gasteiger partial charge in [0.2, 0.25) is 0 Å². The topological polar surface area (TPSA) is 67.7 Å². The van der Waals surface area contributed by atoms with E-state index in [2.05, 4.69) is 18.9 Å². The van der Waals surface area contributed by atoms with Gasteiger partial charge in [-0.05, 0) is 38.2 Å². The van der Waals surface area contributed by atoms with Crippen molar-refractivity contribution in [2.75, 3.05) is 26.7 Å². The van der Waals surface area contributed by atoms with Gasteiger partial charge in [0.05, 0.1) is 12.2 Å². The van der Waals surface area contributed by atoms with Crippen LogP contribution in [0.4, 0.5) is 4.79 Å². The van der Waals surface area contributed by atoms with Crippen LogP contribution in [-0.2, 0) is 17.7 Å². The van der Waals surface area contributed by atoms with Crippen molar-refractivity contribution < 1.29 is 14.3 Å². The Balaban J connectivity index is 1.72. The van der Waals surface area contributed by atoms with Gasteiger partial charge in [0.15, 0.2) is 0 Å². The fraction of sp³-hybridized carbons (Fsp3) is 0.737. The molecule has 3 rings (SSSR count). The molecule has 7 nitrogen and oxygen atoms in total. The van der Waals surface area contributed by atoms with Crippen LogP contribution in [0.3, 0.4) is 0 Å². The number of aromatic nitrogens is 2. The third kappa shape index (κ3) is 3.71. The minimum Gasteiger partial charge on any atom is -0.441 e. The summed E-state index contributed by atoms with van der Waals surface area (Å²) < 4.78 is 7.45. The number of hydrogen-bond acceptors (Lipinski definition) is 4. The van der Waals surface area contributed by atoms with Crippen molar-refractivity contribution in [3.8, 4) is 0 Å². The van der Waals surface area contributed by atoms with Crippen LogP contribution < -0.4 is 0 Å². The van der Waals surface area contributed by atoms with Crippen molar-refractivity contribution in [3.63, 3.8) is 0 Å². The number of carbonyl (C=O) groups is 2. The Labute approximate surface area is 155 Å². The van der Waals surface area contributed by atoms with E-state index in [9.17, 15) is 9.59 Å². The van der Waals surface area contributed by atoms with Gasteiger partial charge in [0, 0.05) is 33.1 Å². The molecule has 26 heavy (non-hydrogen) atoms. The highest BCUT2D eigenvalue weighted by atomic mass is 16.6. The molecule has 1 aromatic heterocycles. The van der Waals surface area contributed by atoms with E-state index in [1.165, 1.54) is 0 Å². The van der Waals surface area contributed by atoms with Crippen LogP contribution in [0.2, 0.25) is 0 Å². The third-order valence-corrected chi connectivity index (χ3v) is 5.29. The van der Waals surface area contributed by atoms with E-state index in [1.807, 2.05) is 22.6 Å². The fourth-order valence-electron chi connectivity index (χ4n) is 3.99. The van der Waals surface area contributed by atoms with Gasteiger partial charge in [-0.1, -0.05) is 13.8 Å². The SMILES string of the molecule is CCn1nc(CC(C)C)cc1C(=O)N1CCC[C@@]2(CC1)CN(C)C(=O)O2. The maximum absolute atomic E-state index is 13.1. The number of ether oxygens (including phenoxy) is 1. The Bertz CT molecular complexity index is 684. The molecular formula is C19H30N4O3. The van der Waals surface area contributed by atoms with Gasteiger partial charge < -0.3 is 14.5 Å². The smallest absolute Gasteiger partial charge is 0.410 e. The summed E-state index contributed by atoms with van der Waals surface area (Å²) in [6.45, 7) is 8.90. The zero-order valence-electron chi connectivity index (χ0n) is 16.3. The summed E-state index contributed by atoms with van der Waals surface area (Å²) in [4.78, 5) is 28.4. The number of carbonyl (C=O) groups excluding carboxylic acids is 2. The minimum atomic E-state index is -0.436. The number of likely N-dealkylation sites (N-methyl/N-ethyl adjacent to an activating group) is 1. The van der Waals surface area contributed by atoms with E-state index in [0.29, 0.717) is 44.2 Å². The van der Waals surface area contributed by atoms with Crippen molar-refractivity contribution in [2.45, 2.75) is 58.6 Å². The quantitative estimate of drug-likeness (QED) is 0.825. The van der Waals surface area contributed by atoms with Crippen molar-refractivity contribution in [2.24, 2.45) is 5.92 Å². The zero-order valence-corrected chi connectivity index (χ0v) is 16.3. The standard InChI is InChI=1S/C19H30N4O3/c1-5-23-16(12-15(20-23)11-14(2)3)17(24)22-9-6-7-19(8-10-22)13-21(4)18(25)26-19/h12,14H,5-11,13H2,1-4H3/t19-/m1/s1. The van der Waals surface area contributed by atoms with Gasteiger partial charge in [-0.25, -0.2) is 4.79 Å². The molecule has 0 aromatic carbocycles. The monoisotopic (exact) mass is 362 g/mol. The second-order valence-electron chi connectivity index (χ2n) is 7.99. The summed E-state index contributed by atoms with van der Waals surface area (Å²) in [7, 11) is 1.76. The first kappa shape index (κ1) is 18.7. The summed E-state index contributed by atoms with van der Waals surface area (Å²) >= 11 is 0. The maximum Gasteiger partial charge on any atom is 0.410 e. The van der Waals surface area contributed by atoms with Gasteiger partial charge in [-0.15, -0.1) is 0 Å². The predicted octanol–water partition coefficient (Wildman–Crippen LogP) is 2.55. The van der Waals surface area contributed by atoms with Crippen LogP contribution in [0.1, 0.15) is 56.2 Å². The predicted molar refractivity (Wildman–Crippen MR) is 98.0 cm³/mol. The molecule has 2 aliphatic heterocycles. The normalized spacial score (nSPS) is 23.7. The highest BCUT2D eigenvalue weighted by molar-refractivity contribution is 5.92. The number of hydrogen-bond donors (Lipinski definition) is 0. The summed E-state index contributed by atoms with van der Waals surface area (Å²) in [5, 5.41) is 4.59. The van der Waals surface area contributed by atoms with Crippen LogP contribution in [0.25, 0.3) is 0 Å². The Morgan fingerprint density at radius 1 is 1.35 bits per heavy atom. The lowest BCUT2D eigenvalue weighted by Gasteiger charge is -2.25. The van der Waals surface area contributed by atoms with Crippen molar-refractivity contribution in [3.05, 3.63) is 17.5 Å². The molecule has 1 spiro atoms. The largest absolute Gasteiger partial charge is 0.441 e. The van der Waals surface area contributed by atoms with Gasteiger partial charge in [0.1, 0.15) is 11.3 Å². The molecule has 0 unspecified atom stereocenters. The van der Waals surface area contributed by atoms with E-state index >= 15 is 0 Å². The average Bonchev–Trinajstić information content (AvgIpc) is 3.02. The Kier molecular flexibility index (Phi) is 5.25. The summed E-state index contributed by atoms with van der Waals surface area (Å²) in [6, 6.07) is 1.94. The Morgan fingerprint density at radius 3 is 2.73 bits per heavy atom. The Morgan fingerprint density at radius 2 is 2.12 bits per heavy atom. The van der Waals surface area contributed by atoms with Crippen LogP contribution in [0.15, 0.2) is 6.07 Å². The van der Waals surface area contributed by atoms with Crippen molar-refractivity contribution in [1.82, 2.24) is 19.6 Å². The fourth-order valence-corrected chi connectivity index (χ4v) is 3.99. The van der Waals surface area contributed by atoms with Crippen LogP contribution in [0, 0.1) is 5.92 Å². The molecule has 2 amide bonds. The number of aryl methyl sites for hydroxylation is 1. The summed E-state index contributed by atoms with van der Waals surface area (Å²) in [5.41, 5.74) is 1.21. The van der Waals surface area contributed by atoms with E-state index in [4.69, 9.17) is 4.74 Å². The van der Waals surface area contributed by atoms with E-state index in [-0.39, 0.29) is 12.0 Å². The second-order valence-corrected chi connectivity index (χ2v) is 7.99. The average molecular weight is 362 g/mol. The molecule has 144 valence electrons. The van der Waals surface area contributed by atoms with Gasteiger partial charge in [0.25, 0.3) is 5.91 Å². The van der Waals surface area contributed by atoms with Crippen molar-refractivity contribution >= 4 is 12.0 Å². The van der Waals surface area contributed by atoms with Gasteiger partial charge >= 0.3 is 6.09 Å². The number of likely N-dealkylation sites (tertiary alicyclic amines) is 1. The molecule has 0 bridgehead atoms. The molecule has 2 aliphatic rings. The molecule has 0 N–H and O–H groups in total. The third-order valence-electron chi connectivity index (χ3n) is 5.29. The molecule has 1 aromatic rings. The molecule has 3 heterocycles.